The van der Waals surface area contributed by atoms with E-state index in [1.807, 2.05) is 13.0 Å². The molecule has 4 N–H and O–H groups in total. The number of nitrogens with two attached hydrogens (primary N) is 1. The molecule has 0 aromatic carbocycles. The molecule has 0 aliphatic heterocycles. The fourth-order valence-electron chi connectivity index (χ4n) is 1.55. The highest BCUT2D eigenvalue weighted by Gasteiger charge is 2.22. The zero-order valence-corrected chi connectivity index (χ0v) is 11.9. The molecule has 0 unspecified atom stereocenters. The van der Waals surface area contributed by atoms with Gasteiger partial charge in [-0.15, -0.1) is 0 Å². The van der Waals surface area contributed by atoms with Crippen molar-refractivity contribution in [2.24, 2.45) is 0 Å². The average molecular weight is 272 g/mol. The second-order valence-electron chi connectivity index (χ2n) is 5.00. The van der Waals surface area contributed by atoms with Crippen molar-refractivity contribution in [1.82, 2.24) is 9.71 Å². The van der Waals surface area contributed by atoms with Gasteiger partial charge < -0.3 is 11.1 Å². The highest BCUT2D eigenvalue weighted by Crippen LogP contribution is 2.16. The van der Waals surface area contributed by atoms with Gasteiger partial charge in [0.15, 0.2) is 0 Å². The third-order valence-corrected chi connectivity index (χ3v) is 3.15. The van der Waals surface area contributed by atoms with Gasteiger partial charge in [-0.25, -0.2) is 18.1 Å². The lowest BCUT2D eigenvalue weighted by molar-refractivity contribution is 0.476. The molecule has 0 aliphatic carbocycles. The molecule has 7 heteroatoms. The number of hydrogen-bond donors (Lipinski definition) is 3. The fourth-order valence-corrected chi connectivity index (χ4v) is 2.63. The third kappa shape index (κ3) is 4.89. The summed E-state index contributed by atoms with van der Waals surface area (Å²) in [6.45, 7) is 5.82. The highest BCUT2D eigenvalue weighted by molar-refractivity contribution is 7.88. The SMILES string of the molecule is Cc1ccc(N)c(NCC(C)(C)NS(C)(=O)=O)n1. The van der Waals surface area contributed by atoms with Crippen LogP contribution in [0.5, 0.6) is 0 Å². The number of rotatable bonds is 5. The average Bonchev–Trinajstić information content (AvgIpc) is 2.16. The Kier molecular flexibility index (Phi) is 4.18. The van der Waals surface area contributed by atoms with Gasteiger partial charge in [-0.05, 0) is 32.9 Å². The summed E-state index contributed by atoms with van der Waals surface area (Å²) in [7, 11) is -3.25. The first-order valence-corrected chi connectivity index (χ1v) is 7.44. The molecule has 6 nitrogen and oxygen atoms in total. The second-order valence-corrected chi connectivity index (χ2v) is 6.75. The maximum absolute atomic E-state index is 11.2. The van der Waals surface area contributed by atoms with E-state index >= 15 is 0 Å². The smallest absolute Gasteiger partial charge is 0.209 e. The van der Waals surface area contributed by atoms with Crippen LogP contribution in [0, 0.1) is 6.92 Å². The molecule has 0 atom stereocenters. The monoisotopic (exact) mass is 272 g/mol. The number of pyridine rings is 1. The van der Waals surface area contributed by atoms with E-state index in [2.05, 4.69) is 15.0 Å². The van der Waals surface area contributed by atoms with Crippen molar-refractivity contribution >= 4 is 21.5 Å². The Morgan fingerprint density at radius 1 is 1.39 bits per heavy atom. The van der Waals surface area contributed by atoms with Crippen LogP contribution in [0.15, 0.2) is 12.1 Å². The molecule has 0 saturated heterocycles. The molecule has 0 fully saturated rings. The fraction of sp³-hybridized carbons (Fsp3) is 0.545. The van der Waals surface area contributed by atoms with Crippen LogP contribution in [-0.4, -0.2) is 31.7 Å². The Morgan fingerprint density at radius 3 is 2.56 bits per heavy atom. The normalized spacial score (nSPS) is 12.4. The van der Waals surface area contributed by atoms with Gasteiger partial charge in [0.05, 0.1) is 11.9 Å². The van der Waals surface area contributed by atoms with Crippen LogP contribution in [0.25, 0.3) is 0 Å². The predicted octanol–water partition coefficient (Wildman–Crippen LogP) is 0.712. The lowest BCUT2D eigenvalue weighted by Gasteiger charge is -2.25. The molecule has 0 radical (unpaired) electrons. The van der Waals surface area contributed by atoms with E-state index in [1.54, 1.807) is 19.9 Å². The number of aromatic nitrogens is 1. The van der Waals surface area contributed by atoms with Gasteiger partial charge in [0.1, 0.15) is 5.82 Å². The van der Waals surface area contributed by atoms with Gasteiger partial charge in [0, 0.05) is 17.8 Å². The summed E-state index contributed by atoms with van der Waals surface area (Å²) in [5.41, 5.74) is 6.55. The zero-order chi connectivity index (χ0) is 14.0. The van der Waals surface area contributed by atoms with Gasteiger partial charge in [0.25, 0.3) is 0 Å². The van der Waals surface area contributed by atoms with E-state index in [0.717, 1.165) is 11.9 Å². The molecule has 0 saturated carbocycles. The largest absolute Gasteiger partial charge is 0.396 e. The van der Waals surface area contributed by atoms with Gasteiger partial charge in [-0.2, -0.15) is 0 Å². The molecule has 1 rings (SSSR count). The van der Waals surface area contributed by atoms with Crippen molar-refractivity contribution in [3.05, 3.63) is 17.8 Å². The van der Waals surface area contributed by atoms with E-state index in [1.165, 1.54) is 0 Å². The molecule has 1 aromatic heterocycles. The molecule has 1 aromatic rings. The van der Waals surface area contributed by atoms with E-state index < -0.39 is 15.6 Å². The summed E-state index contributed by atoms with van der Waals surface area (Å²) in [4.78, 5) is 4.26. The number of anilines is 2. The quantitative estimate of drug-likeness (QED) is 0.733. The lowest BCUT2D eigenvalue weighted by atomic mass is 10.1. The predicted molar refractivity (Wildman–Crippen MR) is 73.9 cm³/mol. The van der Waals surface area contributed by atoms with Gasteiger partial charge in [-0.3, -0.25) is 0 Å². The van der Waals surface area contributed by atoms with Crippen LogP contribution >= 0.6 is 0 Å². The summed E-state index contributed by atoms with van der Waals surface area (Å²) in [6, 6.07) is 3.59. The third-order valence-electron chi connectivity index (χ3n) is 2.23. The Hall–Kier alpha value is -1.34. The van der Waals surface area contributed by atoms with Crippen molar-refractivity contribution < 1.29 is 8.42 Å². The van der Waals surface area contributed by atoms with E-state index in [-0.39, 0.29) is 0 Å². The van der Waals surface area contributed by atoms with Crippen LogP contribution < -0.4 is 15.8 Å². The maximum atomic E-state index is 11.2. The Labute approximate surface area is 108 Å². The number of nitrogens with one attached hydrogen (secondary N) is 2. The van der Waals surface area contributed by atoms with Crippen LogP contribution in [0.4, 0.5) is 11.5 Å². The summed E-state index contributed by atoms with van der Waals surface area (Å²) < 4.78 is 24.9. The minimum Gasteiger partial charge on any atom is -0.396 e. The van der Waals surface area contributed by atoms with Crippen LogP contribution in [0.2, 0.25) is 0 Å². The first-order valence-electron chi connectivity index (χ1n) is 5.55. The summed E-state index contributed by atoms with van der Waals surface area (Å²) in [6.07, 6.45) is 1.13. The van der Waals surface area contributed by atoms with Gasteiger partial charge >= 0.3 is 0 Å². The Balaban J connectivity index is 2.72. The molecular weight excluding hydrogens is 252 g/mol. The van der Waals surface area contributed by atoms with Crippen LogP contribution in [-0.2, 0) is 10.0 Å². The van der Waals surface area contributed by atoms with Gasteiger partial charge in [-0.1, -0.05) is 0 Å². The van der Waals surface area contributed by atoms with Crippen molar-refractivity contribution in [3.63, 3.8) is 0 Å². The van der Waals surface area contributed by atoms with E-state index in [4.69, 9.17) is 5.73 Å². The molecule has 0 spiro atoms. The number of sulfonamides is 1. The lowest BCUT2D eigenvalue weighted by Crippen LogP contribution is -2.47. The molecule has 18 heavy (non-hydrogen) atoms. The van der Waals surface area contributed by atoms with Crippen LogP contribution in [0.3, 0.4) is 0 Å². The first kappa shape index (κ1) is 14.7. The minimum atomic E-state index is -3.25. The maximum Gasteiger partial charge on any atom is 0.209 e. The molecule has 1 heterocycles. The summed E-state index contributed by atoms with van der Waals surface area (Å²) in [5, 5.41) is 3.05. The first-order chi connectivity index (χ1) is 8.09. The van der Waals surface area contributed by atoms with Crippen molar-refractivity contribution in [2.75, 3.05) is 23.9 Å². The summed E-state index contributed by atoms with van der Waals surface area (Å²) in [5.74, 6) is 0.568. The van der Waals surface area contributed by atoms with Crippen molar-refractivity contribution in [2.45, 2.75) is 26.3 Å². The Morgan fingerprint density at radius 2 is 2.00 bits per heavy atom. The molecular formula is C11H20N4O2S. The van der Waals surface area contributed by atoms with Crippen molar-refractivity contribution in [3.8, 4) is 0 Å². The molecule has 0 aliphatic rings. The summed E-state index contributed by atoms with van der Waals surface area (Å²) >= 11 is 0. The minimum absolute atomic E-state index is 0.390. The number of hydrogen-bond acceptors (Lipinski definition) is 5. The topological polar surface area (TPSA) is 97.1 Å². The second kappa shape index (κ2) is 5.11. The Bertz CT molecular complexity index is 526. The molecule has 102 valence electrons. The number of nitrogens with zero attached hydrogens (tertiary/aromatic N) is 1. The van der Waals surface area contributed by atoms with Crippen LogP contribution in [0.1, 0.15) is 19.5 Å². The highest BCUT2D eigenvalue weighted by atomic mass is 32.2. The standard InChI is InChI=1S/C11H20N4O2S/c1-8-5-6-9(12)10(14-8)13-7-11(2,3)15-18(4,16)17/h5-6,15H,7,12H2,1-4H3,(H,13,14). The van der Waals surface area contributed by atoms with E-state index in [9.17, 15) is 8.42 Å². The van der Waals surface area contributed by atoms with Crippen molar-refractivity contribution in [1.29, 1.82) is 0 Å². The van der Waals surface area contributed by atoms with Gasteiger partial charge in [0.2, 0.25) is 10.0 Å². The molecule has 0 amide bonds. The number of nitrogen functional groups attached to an aromatic ring is 1. The molecule has 0 bridgehead atoms. The number of aryl methyl sites for hydroxylation is 1. The van der Waals surface area contributed by atoms with E-state index in [0.29, 0.717) is 18.1 Å². The zero-order valence-electron chi connectivity index (χ0n) is 11.1.